The van der Waals surface area contributed by atoms with Crippen molar-refractivity contribution in [2.75, 3.05) is 12.3 Å². The highest BCUT2D eigenvalue weighted by Crippen LogP contribution is 2.41. The molecule has 3 rings (SSSR count). The number of benzene rings is 1. The fourth-order valence-corrected chi connectivity index (χ4v) is 3.18. The van der Waals surface area contributed by atoms with Crippen LogP contribution in [0.5, 0.6) is 5.75 Å². The monoisotopic (exact) mass is 260 g/mol. The lowest BCUT2D eigenvalue weighted by Gasteiger charge is -2.15. The van der Waals surface area contributed by atoms with Crippen LogP contribution >= 0.6 is 11.3 Å². The van der Waals surface area contributed by atoms with Crippen LogP contribution in [-0.4, -0.2) is 11.6 Å². The summed E-state index contributed by atoms with van der Waals surface area (Å²) in [7, 11) is 0. The van der Waals surface area contributed by atoms with Gasteiger partial charge in [0.1, 0.15) is 5.75 Å². The SMILES string of the molecule is CC(C)c1cccc2c1OCCc1sc(N)nc1-2. The molecule has 1 aromatic heterocycles. The maximum Gasteiger partial charge on any atom is 0.180 e. The molecular formula is C14H16N2OS. The van der Waals surface area contributed by atoms with Crippen molar-refractivity contribution in [3.05, 3.63) is 28.6 Å². The number of rotatable bonds is 1. The molecule has 2 aromatic rings. The third-order valence-corrected chi connectivity index (χ3v) is 4.16. The number of nitrogens with two attached hydrogens (primary N) is 1. The van der Waals surface area contributed by atoms with Gasteiger partial charge in [-0.25, -0.2) is 4.98 Å². The Hall–Kier alpha value is -1.55. The van der Waals surface area contributed by atoms with Crippen molar-refractivity contribution in [2.24, 2.45) is 0 Å². The highest BCUT2D eigenvalue weighted by Gasteiger charge is 2.22. The molecule has 2 heterocycles. The number of para-hydroxylation sites is 1. The van der Waals surface area contributed by atoms with Gasteiger partial charge in [0.15, 0.2) is 5.13 Å². The lowest BCUT2D eigenvalue weighted by Crippen LogP contribution is -2.01. The second-order valence-electron chi connectivity index (χ2n) is 4.80. The molecule has 0 bridgehead atoms. The van der Waals surface area contributed by atoms with Gasteiger partial charge >= 0.3 is 0 Å². The van der Waals surface area contributed by atoms with Crippen LogP contribution in [0.25, 0.3) is 11.3 Å². The van der Waals surface area contributed by atoms with Crippen molar-refractivity contribution in [1.29, 1.82) is 0 Å². The zero-order valence-corrected chi connectivity index (χ0v) is 11.4. The summed E-state index contributed by atoms with van der Waals surface area (Å²) in [6.45, 7) is 5.06. The van der Waals surface area contributed by atoms with Crippen LogP contribution in [0.1, 0.15) is 30.2 Å². The van der Waals surface area contributed by atoms with Crippen LogP contribution in [0.3, 0.4) is 0 Å². The second kappa shape index (κ2) is 4.28. The van der Waals surface area contributed by atoms with Crippen molar-refractivity contribution < 1.29 is 4.74 Å². The molecule has 0 fully saturated rings. The fraction of sp³-hybridized carbons (Fsp3) is 0.357. The molecule has 0 saturated heterocycles. The average Bonchev–Trinajstić information content (AvgIpc) is 2.62. The second-order valence-corrected chi connectivity index (χ2v) is 5.92. The van der Waals surface area contributed by atoms with Crippen molar-refractivity contribution in [2.45, 2.75) is 26.2 Å². The number of thiazole rings is 1. The molecule has 0 radical (unpaired) electrons. The zero-order chi connectivity index (χ0) is 12.7. The Kier molecular flexibility index (Phi) is 2.74. The zero-order valence-electron chi connectivity index (χ0n) is 10.6. The first-order valence-electron chi connectivity index (χ1n) is 6.18. The van der Waals surface area contributed by atoms with Gasteiger partial charge in [-0.1, -0.05) is 26.0 Å². The Morgan fingerprint density at radius 1 is 1.39 bits per heavy atom. The maximum absolute atomic E-state index is 5.95. The van der Waals surface area contributed by atoms with E-state index in [1.165, 1.54) is 10.4 Å². The number of anilines is 1. The first-order valence-corrected chi connectivity index (χ1v) is 6.99. The van der Waals surface area contributed by atoms with Crippen LogP contribution in [0.2, 0.25) is 0 Å². The van der Waals surface area contributed by atoms with E-state index in [4.69, 9.17) is 10.5 Å². The Morgan fingerprint density at radius 3 is 3.00 bits per heavy atom. The Balaban J connectivity index is 2.24. The van der Waals surface area contributed by atoms with Crippen LogP contribution < -0.4 is 10.5 Å². The van der Waals surface area contributed by atoms with E-state index < -0.39 is 0 Å². The molecule has 2 N–H and O–H groups in total. The van der Waals surface area contributed by atoms with Gasteiger partial charge in [0.05, 0.1) is 12.3 Å². The molecule has 1 aliphatic heterocycles. The number of fused-ring (bicyclic) bond motifs is 3. The van der Waals surface area contributed by atoms with Crippen LogP contribution in [0.4, 0.5) is 5.13 Å². The standard InChI is InChI=1S/C14H16N2OS/c1-8(2)9-4-3-5-10-12-11(18-14(15)16-12)6-7-17-13(9)10/h3-5,8H,6-7H2,1-2H3,(H2,15,16). The van der Waals surface area contributed by atoms with E-state index in [2.05, 4.69) is 37.0 Å². The highest BCUT2D eigenvalue weighted by molar-refractivity contribution is 7.15. The van der Waals surface area contributed by atoms with E-state index in [-0.39, 0.29) is 0 Å². The molecule has 0 aliphatic carbocycles. The van der Waals surface area contributed by atoms with E-state index >= 15 is 0 Å². The molecular weight excluding hydrogens is 244 g/mol. The van der Waals surface area contributed by atoms with Crippen LogP contribution in [-0.2, 0) is 6.42 Å². The third-order valence-electron chi connectivity index (χ3n) is 3.21. The van der Waals surface area contributed by atoms with Crippen molar-refractivity contribution in [3.8, 4) is 17.0 Å². The molecule has 4 heteroatoms. The van der Waals surface area contributed by atoms with E-state index in [0.29, 0.717) is 17.7 Å². The summed E-state index contributed by atoms with van der Waals surface area (Å²) in [6.07, 6.45) is 0.885. The topological polar surface area (TPSA) is 48.1 Å². The normalized spacial score (nSPS) is 13.7. The van der Waals surface area contributed by atoms with Gasteiger partial charge < -0.3 is 10.5 Å². The smallest absolute Gasteiger partial charge is 0.180 e. The van der Waals surface area contributed by atoms with Gasteiger partial charge in [0, 0.05) is 16.9 Å². The van der Waals surface area contributed by atoms with E-state index in [1.54, 1.807) is 11.3 Å². The van der Waals surface area contributed by atoms with E-state index in [1.807, 2.05) is 0 Å². The fourth-order valence-electron chi connectivity index (χ4n) is 2.35. The lowest BCUT2D eigenvalue weighted by atomic mass is 9.97. The first-order chi connectivity index (χ1) is 8.66. The molecule has 3 nitrogen and oxygen atoms in total. The summed E-state index contributed by atoms with van der Waals surface area (Å²) in [5.74, 6) is 1.43. The summed E-state index contributed by atoms with van der Waals surface area (Å²) >= 11 is 1.57. The van der Waals surface area contributed by atoms with Gasteiger partial charge in [-0.3, -0.25) is 0 Å². The number of nitrogens with zero attached hydrogens (tertiary/aromatic N) is 1. The third kappa shape index (κ3) is 1.77. The van der Waals surface area contributed by atoms with Crippen molar-refractivity contribution in [3.63, 3.8) is 0 Å². The van der Waals surface area contributed by atoms with Gasteiger partial charge in [-0.2, -0.15) is 0 Å². The van der Waals surface area contributed by atoms with Crippen LogP contribution in [0, 0.1) is 0 Å². The minimum Gasteiger partial charge on any atom is -0.492 e. The largest absolute Gasteiger partial charge is 0.492 e. The van der Waals surface area contributed by atoms with Gasteiger partial charge in [-0.15, -0.1) is 11.3 Å². The minimum absolute atomic E-state index is 0.442. The quantitative estimate of drug-likeness (QED) is 0.854. The molecule has 0 unspecified atom stereocenters. The van der Waals surface area contributed by atoms with Crippen molar-refractivity contribution in [1.82, 2.24) is 4.98 Å². The molecule has 0 atom stereocenters. The minimum atomic E-state index is 0.442. The summed E-state index contributed by atoms with van der Waals surface area (Å²) in [4.78, 5) is 5.70. The molecule has 0 saturated carbocycles. The predicted molar refractivity (Wildman–Crippen MR) is 75.3 cm³/mol. The summed E-state index contributed by atoms with van der Waals surface area (Å²) in [6, 6.07) is 6.27. The molecule has 94 valence electrons. The predicted octanol–water partition coefficient (Wildman–Crippen LogP) is 3.45. The molecule has 0 amide bonds. The Labute approximate surface area is 111 Å². The molecule has 1 aromatic carbocycles. The Morgan fingerprint density at radius 2 is 2.22 bits per heavy atom. The Bertz CT molecular complexity index is 589. The van der Waals surface area contributed by atoms with Gasteiger partial charge in [0.25, 0.3) is 0 Å². The number of hydrogen-bond acceptors (Lipinski definition) is 4. The molecule has 18 heavy (non-hydrogen) atoms. The van der Waals surface area contributed by atoms with Gasteiger partial charge in [0.2, 0.25) is 0 Å². The molecule has 0 spiro atoms. The van der Waals surface area contributed by atoms with E-state index in [9.17, 15) is 0 Å². The average molecular weight is 260 g/mol. The number of ether oxygens (including phenoxy) is 1. The van der Waals surface area contributed by atoms with E-state index in [0.717, 1.165) is 23.4 Å². The van der Waals surface area contributed by atoms with Gasteiger partial charge in [-0.05, 0) is 17.5 Å². The summed E-state index contributed by atoms with van der Waals surface area (Å²) in [5, 5.41) is 0.641. The summed E-state index contributed by atoms with van der Waals surface area (Å²) in [5.41, 5.74) is 9.17. The number of aromatic nitrogens is 1. The number of nitrogen functional groups attached to an aromatic ring is 1. The molecule has 1 aliphatic rings. The highest BCUT2D eigenvalue weighted by atomic mass is 32.1. The number of hydrogen-bond donors (Lipinski definition) is 1. The maximum atomic E-state index is 5.95. The van der Waals surface area contributed by atoms with Crippen molar-refractivity contribution >= 4 is 16.5 Å². The lowest BCUT2D eigenvalue weighted by molar-refractivity contribution is 0.323. The van der Waals surface area contributed by atoms with Crippen LogP contribution in [0.15, 0.2) is 18.2 Å². The summed E-state index contributed by atoms with van der Waals surface area (Å²) < 4.78 is 5.95. The first kappa shape index (κ1) is 11.5.